The predicted molar refractivity (Wildman–Crippen MR) is 104 cm³/mol. The van der Waals surface area contributed by atoms with Crippen LogP contribution in [0.1, 0.15) is 24.0 Å². The number of aromatic nitrogens is 1. The predicted octanol–water partition coefficient (Wildman–Crippen LogP) is 4.90. The molecule has 156 valence electrons. The number of aliphatic carboxylic acids is 1. The third-order valence-electron chi connectivity index (χ3n) is 4.12. The lowest BCUT2D eigenvalue weighted by Crippen LogP contribution is -2.16. The summed E-state index contributed by atoms with van der Waals surface area (Å²) in [6, 6.07) is 10.8. The molecule has 1 heterocycles. The van der Waals surface area contributed by atoms with Gasteiger partial charge in [0, 0.05) is 29.1 Å². The maximum Gasteiger partial charge on any atom is 0.573 e. The fraction of sp³-hybridized carbons (Fsp3) is 0.227. The number of carboxylic acid groups (broad SMARTS) is 1. The van der Waals surface area contributed by atoms with Crippen LogP contribution in [0.4, 0.5) is 13.2 Å². The zero-order valence-corrected chi connectivity index (χ0v) is 15.8. The van der Waals surface area contributed by atoms with E-state index >= 15 is 0 Å². The molecule has 0 aliphatic heterocycles. The van der Waals surface area contributed by atoms with Gasteiger partial charge in [-0.1, -0.05) is 17.9 Å². The van der Waals surface area contributed by atoms with E-state index in [0.717, 1.165) is 10.9 Å². The first kappa shape index (κ1) is 21.1. The fourth-order valence-corrected chi connectivity index (χ4v) is 2.89. The summed E-state index contributed by atoms with van der Waals surface area (Å²) in [5.41, 5.74) is 2.05. The Labute approximate surface area is 170 Å². The van der Waals surface area contributed by atoms with Gasteiger partial charge < -0.3 is 19.6 Å². The van der Waals surface area contributed by atoms with Gasteiger partial charge >= 0.3 is 12.3 Å². The summed E-state index contributed by atoms with van der Waals surface area (Å²) in [7, 11) is 0. The Morgan fingerprint density at radius 1 is 1.13 bits per heavy atom. The summed E-state index contributed by atoms with van der Waals surface area (Å²) >= 11 is 0. The first-order valence-corrected chi connectivity index (χ1v) is 9.10. The minimum atomic E-state index is -4.72. The third-order valence-corrected chi connectivity index (χ3v) is 4.12. The van der Waals surface area contributed by atoms with Gasteiger partial charge in [-0.3, -0.25) is 4.79 Å². The third kappa shape index (κ3) is 5.95. The molecule has 2 N–H and O–H groups in total. The minimum absolute atomic E-state index is 0.0986. The zero-order valence-electron chi connectivity index (χ0n) is 15.8. The molecular weight excluding hydrogens is 399 g/mol. The highest BCUT2D eigenvalue weighted by atomic mass is 19.4. The standard InChI is InChI=1S/C22H18F3NO4/c23-22(24,25)30-17-10-8-15(9-11-17)5-2-1-3-12-29-19-7-4-6-18-21(19)16(14-26-18)13-20(27)28/h4,6-11,14,26H,1,3,12-13H2,(H,27,28). The van der Waals surface area contributed by atoms with E-state index in [1.807, 2.05) is 12.1 Å². The van der Waals surface area contributed by atoms with Crippen molar-refractivity contribution in [3.63, 3.8) is 0 Å². The molecule has 2 aromatic carbocycles. The van der Waals surface area contributed by atoms with Gasteiger partial charge in [0.1, 0.15) is 11.5 Å². The van der Waals surface area contributed by atoms with Crippen LogP contribution < -0.4 is 9.47 Å². The molecule has 1 aromatic heterocycles. The topological polar surface area (TPSA) is 71.5 Å². The number of benzene rings is 2. The Morgan fingerprint density at radius 2 is 1.90 bits per heavy atom. The number of fused-ring (bicyclic) bond motifs is 1. The van der Waals surface area contributed by atoms with Crippen molar-refractivity contribution in [3.05, 3.63) is 59.8 Å². The van der Waals surface area contributed by atoms with Gasteiger partial charge in [0.2, 0.25) is 0 Å². The maximum absolute atomic E-state index is 12.1. The number of carbonyl (C=O) groups is 1. The number of halogens is 3. The molecule has 3 aromatic rings. The molecule has 0 bridgehead atoms. The van der Waals surface area contributed by atoms with Crippen molar-refractivity contribution < 1.29 is 32.5 Å². The van der Waals surface area contributed by atoms with Crippen LogP contribution >= 0.6 is 0 Å². The minimum Gasteiger partial charge on any atom is -0.493 e. The highest BCUT2D eigenvalue weighted by molar-refractivity contribution is 5.91. The Hall–Kier alpha value is -3.60. The van der Waals surface area contributed by atoms with Crippen LogP contribution in [0.2, 0.25) is 0 Å². The highest BCUT2D eigenvalue weighted by Crippen LogP contribution is 2.29. The summed E-state index contributed by atoms with van der Waals surface area (Å²) in [5, 5.41) is 9.80. The quantitative estimate of drug-likeness (QED) is 0.424. The van der Waals surface area contributed by atoms with E-state index in [2.05, 4.69) is 21.6 Å². The van der Waals surface area contributed by atoms with Gasteiger partial charge in [0.05, 0.1) is 13.0 Å². The molecule has 0 fully saturated rings. The summed E-state index contributed by atoms with van der Waals surface area (Å²) in [4.78, 5) is 14.1. The summed E-state index contributed by atoms with van der Waals surface area (Å²) < 4.78 is 46.0. The molecule has 0 spiro atoms. The normalized spacial score (nSPS) is 11.0. The molecular formula is C22H18F3NO4. The fourth-order valence-electron chi connectivity index (χ4n) is 2.89. The van der Waals surface area contributed by atoms with Crippen molar-refractivity contribution >= 4 is 16.9 Å². The molecule has 5 nitrogen and oxygen atoms in total. The molecule has 0 saturated heterocycles. The number of carboxylic acids is 1. The number of alkyl halides is 3. The molecule has 0 aliphatic rings. The monoisotopic (exact) mass is 417 g/mol. The van der Waals surface area contributed by atoms with Gasteiger partial charge in [-0.25, -0.2) is 0 Å². The van der Waals surface area contributed by atoms with Crippen LogP contribution in [-0.4, -0.2) is 29.0 Å². The molecule has 3 rings (SSSR count). The number of unbranched alkanes of at least 4 members (excludes halogenated alkanes) is 1. The van der Waals surface area contributed by atoms with Gasteiger partial charge in [0.25, 0.3) is 0 Å². The molecule has 0 saturated carbocycles. The van der Waals surface area contributed by atoms with Crippen LogP contribution in [0, 0.1) is 11.8 Å². The summed E-state index contributed by atoms with van der Waals surface area (Å²) in [5.74, 6) is 5.23. The average Bonchev–Trinajstić information content (AvgIpc) is 3.07. The number of hydrogen-bond donors (Lipinski definition) is 2. The van der Waals surface area contributed by atoms with Gasteiger partial charge in [0.15, 0.2) is 0 Å². The Kier molecular flexibility index (Phi) is 6.52. The lowest BCUT2D eigenvalue weighted by atomic mass is 10.1. The van der Waals surface area contributed by atoms with E-state index in [-0.39, 0.29) is 12.2 Å². The maximum atomic E-state index is 12.1. The second kappa shape index (κ2) is 9.27. The first-order valence-electron chi connectivity index (χ1n) is 9.10. The number of ether oxygens (including phenoxy) is 2. The Balaban J connectivity index is 1.52. The van der Waals surface area contributed by atoms with Crippen LogP contribution in [-0.2, 0) is 11.2 Å². The molecule has 0 unspecified atom stereocenters. The van der Waals surface area contributed by atoms with Crippen LogP contribution in [0.15, 0.2) is 48.7 Å². The van der Waals surface area contributed by atoms with Crippen molar-refractivity contribution in [1.29, 1.82) is 0 Å². The molecule has 0 amide bonds. The average molecular weight is 417 g/mol. The second-order valence-electron chi connectivity index (χ2n) is 6.39. The highest BCUT2D eigenvalue weighted by Gasteiger charge is 2.30. The van der Waals surface area contributed by atoms with Crippen molar-refractivity contribution in [2.24, 2.45) is 0 Å². The van der Waals surface area contributed by atoms with Gasteiger partial charge in [-0.15, -0.1) is 13.2 Å². The van der Waals surface area contributed by atoms with E-state index in [0.29, 0.717) is 36.3 Å². The van der Waals surface area contributed by atoms with Crippen molar-refractivity contribution in [2.45, 2.75) is 25.6 Å². The zero-order chi connectivity index (χ0) is 21.6. The van der Waals surface area contributed by atoms with E-state index in [9.17, 15) is 18.0 Å². The molecule has 0 aliphatic carbocycles. The van der Waals surface area contributed by atoms with Crippen LogP contribution in [0.25, 0.3) is 10.9 Å². The van der Waals surface area contributed by atoms with Gasteiger partial charge in [-0.2, -0.15) is 0 Å². The van der Waals surface area contributed by atoms with E-state index in [4.69, 9.17) is 9.84 Å². The van der Waals surface area contributed by atoms with Crippen LogP contribution in [0.3, 0.4) is 0 Å². The largest absolute Gasteiger partial charge is 0.573 e. The number of H-pyrrole nitrogens is 1. The smallest absolute Gasteiger partial charge is 0.493 e. The number of rotatable bonds is 7. The van der Waals surface area contributed by atoms with Crippen molar-refractivity contribution in [3.8, 4) is 23.3 Å². The number of nitrogens with one attached hydrogen (secondary N) is 1. The van der Waals surface area contributed by atoms with E-state index in [1.165, 1.54) is 24.3 Å². The number of aromatic amines is 1. The molecule has 0 radical (unpaired) electrons. The Morgan fingerprint density at radius 3 is 2.60 bits per heavy atom. The summed E-state index contributed by atoms with van der Waals surface area (Å²) in [6.45, 7) is 0.393. The van der Waals surface area contributed by atoms with Crippen LogP contribution in [0.5, 0.6) is 11.5 Å². The van der Waals surface area contributed by atoms with E-state index < -0.39 is 12.3 Å². The Bertz CT molecular complexity index is 1080. The van der Waals surface area contributed by atoms with Crippen molar-refractivity contribution in [2.75, 3.05) is 6.61 Å². The second-order valence-corrected chi connectivity index (χ2v) is 6.39. The van der Waals surface area contributed by atoms with Gasteiger partial charge in [-0.05, 0) is 48.4 Å². The first-order chi connectivity index (χ1) is 14.3. The molecule has 30 heavy (non-hydrogen) atoms. The SMILES string of the molecule is O=C(O)Cc1c[nH]c2cccc(OCCCC#Cc3ccc(OC(F)(F)F)cc3)c12. The summed E-state index contributed by atoms with van der Waals surface area (Å²) in [6.07, 6.45) is -1.98. The molecule has 0 atom stereocenters. The van der Waals surface area contributed by atoms with Crippen molar-refractivity contribution in [1.82, 2.24) is 4.98 Å². The molecule has 8 heteroatoms. The lowest BCUT2D eigenvalue weighted by Gasteiger charge is -2.08. The van der Waals surface area contributed by atoms with E-state index in [1.54, 1.807) is 12.3 Å². The lowest BCUT2D eigenvalue weighted by molar-refractivity contribution is -0.274. The number of hydrogen-bond acceptors (Lipinski definition) is 3.